The number of fused-ring (bicyclic) bond motifs is 1. The Balaban J connectivity index is 2.76. The molecule has 68 valence electrons. The van der Waals surface area contributed by atoms with Gasteiger partial charge in [0.15, 0.2) is 11.6 Å². The smallest absolute Gasteiger partial charge is 0.181 e. The molecule has 0 amide bonds. The average Bonchev–Trinajstić information content (AvgIpc) is 2.47. The highest BCUT2D eigenvalue weighted by Crippen LogP contribution is 2.20. The van der Waals surface area contributed by atoms with Crippen LogP contribution in [0.4, 0.5) is 10.2 Å². The second-order valence-electron chi connectivity index (χ2n) is 2.60. The number of nitrogens with zero attached hydrogens (tertiary/aromatic N) is 2. The van der Waals surface area contributed by atoms with Gasteiger partial charge in [-0.15, -0.1) is 0 Å². The molecule has 0 aliphatic rings. The zero-order valence-electron chi connectivity index (χ0n) is 6.99. The predicted octanol–water partition coefficient (Wildman–Crippen LogP) is 1.06. The molecule has 2 aromatic heterocycles. The summed E-state index contributed by atoms with van der Waals surface area (Å²) in [7, 11) is 1.40. The number of aromatic nitrogens is 2. The van der Waals surface area contributed by atoms with Crippen LogP contribution in [0.3, 0.4) is 0 Å². The maximum atomic E-state index is 13.1. The van der Waals surface area contributed by atoms with Gasteiger partial charge in [0.1, 0.15) is 11.5 Å². The molecule has 0 aliphatic heterocycles. The van der Waals surface area contributed by atoms with Crippen molar-refractivity contribution in [2.24, 2.45) is 0 Å². The summed E-state index contributed by atoms with van der Waals surface area (Å²) in [6, 6.07) is 1.49. The van der Waals surface area contributed by atoms with Crippen LogP contribution >= 0.6 is 0 Å². The lowest BCUT2D eigenvalue weighted by atomic mass is 10.4. The number of nitrogens with two attached hydrogens (primary N) is 1. The maximum absolute atomic E-state index is 13.1. The molecule has 2 rings (SSSR count). The summed E-state index contributed by atoms with van der Waals surface area (Å²) in [6.45, 7) is 0. The minimum Gasteiger partial charge on any atom is -0.493 e. The van der Waals surface area contributed by atoms with Crippen LogP contribution in [-0.4, -0.2) is 16.5 Å². The second-order valence-corrected chi connectivity index (χ2v) is 2.60. The molecule has 0 atom stereocenters. The Bertz CT molecular complexity index is 452. The van der Waals surface area contributed by atoms with E-state index < -0.39 is 5.82 Å². The van der Waals surface area contributed by atoms with Crippen LogP contribution in [-0.2, 0) is 0 Å². The first-order valence-electron chi connectivity index (χ1n) is 3.68. The molecule has 13 heavy (non-hydrogen) atoms. The van der Waals surface area contributed by atoms with Crippen molar-refractivity contribution in [3.63, 3.8) is 0 Å². The molecule has 0 unspecified atom stereocenters. The summed E-state index contributed by atoms with van der Waals surface area (Å²) in [4.78, 5) is 3.96. The van der Waals surface area contributed by atoms with Crippen molar-refractivity contribution in [3.05, 3.63) is 24.3 Å². The highest BCUT2D eigenvalue weighted by molar-refractivity contribution is 5.51. The summed E-state index contributed by atoms with van der Waals surface area (Å²) >= 11 is 0. The van der Waals surface area contributed by atoms with E-state index in [0.29, 0.717) is 11.5 Å². The molecule has 5 heteroatoms. The zero-order valence-corrected chi connectivity index (χ0v) is 6.99. The number of methoxy groups -OCH3 is 1. The largest absolute Gasteiger partial charge is 0.493 e. The van der Waals surface area contributed by atoms with Crippen LogP contribution in [0.5, 0.6) is 5.75 Å². The highest BCUT2D eigenvalue weighted by atomic mass is 19.1. The van der Waals surface area contributed by atoms with Gasteiger partial charge in [-0.2, -0.15) is 0 Å². The fourth-order valence-corrected chi connectivity index (χ4v) is 1.16. The van der Waals surface area contributed by atoms with Crippen LogP contribution in [0.25, 0.3) is 5.65 Å². The Labute approximate surface area is 73.8 Å². The highest BCUT2D eigenvalue weighted by Gasteiger charge is 2.06. The molecule has 2 heterocycles. The van der Waals surface area contributed by atoms with Crippen molar-refractivity contribution in [2.45, 2.75) is 0 Å². The first-order valence-corrected chi connectivity index (χ1v) is 3.68. The van der Waals surface area contributed by atoms with Gasteiger partial charge >= 0.3 is 0 Å². The number of hydrogen-bond donors (Lipinski definition) is 1. The number of halogens is 1. The number of imidazole rings is 1. The number of pyridine rings is 1. The van der Waals surface area contributed by atoms with Gasteiger partial charge in [0.2, 0.25) is 0 Å². The quantitative estimate of drug-likeness (QED) is 0.715. The summed E-state index contributed by atoms with van der Waals surface area (Å²) < 4.78 is 19.4. The SMILES string of the molecule is COc1cc2ncc(N)n2cc1F. The van der Waals surface area contributed by atoms with Crippen molar-refractivity contribution in [1.29, 1.82) is 0 Å². The molecule has 0 saturated carbocycles. The van der Waals surface area contributed by atoms with E-state index in [1.54, 1.807) is 0 Å². The molecule has 0 saturated heterocycles. The third-order valence-corrected chi connectivity index (χ3v) is 1.81. The van der Waals surface area contributed by atoms with Crippen molar-refractivity contribution >= 4 is 11.5 Å². The standard InChI is InChI=1S/C8H8FN3O/c1-13-6-2-8-11-3-7(10)12(8)4-5(6)9/h2-4H,10H2,1H3. The molecular weight excluding hydrogens is 173 g/mol. The Kier molecular flexibility index (Phi) is 1.58. The second kappa shape index (κ2) is 2.62. The molecule has 4 nitrogen and oxygen atoms in total. The van der Waals surface area contributed by atoms with E-state index in [9.17, 15) is 4.39 Å². The molecule has 0 aliphatic carbocycles. The molecule has 0 radical (unpaired) electrons. The van der Waals surface area contributed by atoms with Crippen LogP contribution in [0.2, 0.25) is 0 Å². The third kappa shape index (κ3) is 1.09. The molecule has 0 aromatic carbocycles. The topological polar surface area (TPSA) is 52.5 Å². The number of nitrogen functional groups attached to an aromatic ring is 1. The Hall–Kier alpha value is -1.78. The summed E-state index contributed by atoms with van der Waals surface area (Å²) in [5, 5.41) is 0. The van der Waals surface area contributed by atoms with E-state index >= 15 is 0 Å². The van der Waals surface area contributed by atoms with E-state index in [1.807, 2.05) is 0 Å². The van der Waals surface area contributed by atoms with Gasteiger partial charge in [0.25, 0.3) is 0 Å². The predicted molar refractivity (Wildman–Crippen MR) is 46.1 cm³/mol. The van der Waals surface area contributed by atoms with Gasteiger partial charge in [-0.25, -0.2) is 9.37 Å². The summed E-state index contributed by atoms with van der Waals surface area (Å²) in [5.74, 6) is 0.106. The molecule has 0 bridgehead atoms. The number of rotatable bonds is 1. The molecular formula is C8H8FN3O. The molecule has 2 N–H and O–H groups in total. The number of hydrogen-bond acceptors (Lipinski definition) is 3. The Morgan fingerprint density at radius 2 is 2.38 bits per heavy atom. The molecule has 0 fully saturated rings. The Morgan fingerprint density at radius 1 is 1.62 bits per heavy atom. The molecule has 2 aromatic rings. The van der Waals surface area contributed by atoms with Gasteiger partial charge in [0.05, 0.1) is 19.5 Å². The van der Waals surface area contributed by atoms with Gasteiger partial charge in [-0.05, 0) is 0 Å². The van der Waals surface area contributed by atoms with E-state index in [0.717, 1.165) is 0 Å². The summed E-state index contributed by atoms with van der Waals surface area (Å²) in [6.07, 6.45) is 2.71. The zero-order chi connectivity index (χ0) is 9.42. The minimum atomic E-state index is -0.459. The first-order chi connectivity index (χ1) is 6.22. The van der Waals surface area contributed by atoms with E-state index in [1.165, 1.54) is 30.0 Å². The van der Waals surface area contributed by atoms with Crippen LogP contribution in [0.15, 0.2) is 18.5 Å². The van der Waals surface area contributed by atoms with Crippen molar-refractivity contribution in [1.82, 2.24) is 9.38 Å². The fraction of sp³-hybridized carbons (Fsp3) is 0.125. The van der Waals surface area contributed by atoms with Gasteiger partial charge < -0.3 is 10.5 Å². The van der Waals surface area contributed by atoms with E-state index in [4.69, 9.17) is 10.5 Å². The lowest BCUT2D eigenvalue weighted by molar-refractivity contribution is 0.385. The molecule has 0 spiro atoms. The summed E-state index contributed by atoms with van der Waals surface area (Å²) in [5.41, 5.74) is 6.10. The average molecular weight is 181 g/mol. The fourth-order valence-electron chi connectivity index (χ4n) is 1.16. The van der Waals surface area contributed by atoms with E-state index in [2.05, 4.69) is 4.98 Å². The number of ether oxygens (including phenoxy) is 1. The maximum Gasteiger partial charge on any atom is 0.181 e. The van der Waals surface area contributed by atoms with Gasteiger partial charge in [-0.3, -0.25) is 4.40 Å². The lowest BCUT2D eigenvalue weighted by Gasteiger charge is -2.02. The van der Waals surface area contributed by atoms with Crippen molar-refractivity contribution < 1.29 is 9.13 Å². The van der Waals surface area contributed by atoms with Crippen LogP contribution in [0.1, 0.15) is 0 Å². The van der Waals surface area contributed by atoms with Gasteiger partial charge in [-0.1, -0.05) is 0 Å². The first kappa shape index (κ1) is 7.85. The monoisotopic (exact) mass is 181 g/mol. The Morgan fingerprint density at radius 3 is 3.08 bits per heavy atom. The lowest BCUT2D eigenvalue weighted by Crippen LogP contribution is -1.96. The van der Waals surface area contributed by atoms with Gasteiger partial charge in [0, 0.05) is 6.07 Å². The normalized spacial score (nSPS) is 10.6. The van der Waals surface area contributed by atoms with E-state index in [-0.39, 0.29) is 5.75 Å². The van der Waals surface area contributed by atoms with Crippen molar-refractivity contribution in [2.75, 3.05) is 12.8 Å². The van der Waals surface area contributed by atoms with Crippen LogP contribution in [0, 0.1) is 5.82 Å². The third-order valence-electron chi connectivity index (χ3n) is 1.81. The number of anilines is 1. The van der Waals surface area contributed by atoms with Crippen LogP contribution < -0.4 is 10.5 Å². The van der Waals surface area contributed by atoms with Crippen molar-refractivity contribution in [3.8, 4) is 5.75 Å². The minimum absolute atomic E-state index is 0.165.